The summed E-state index contributed by atoms with van der Waals surface area (Å²) in [4.78, 5) is 29.8. The standard InChI is InChI=1S/C21H19BrN4O3/c1-13-6-4-5-7-16(13)29-20-23-18-17(19(27)25(3)21(28)24(18)2)26(20)12-14-8-10-15(22)11-9-14/h4-11H,12H2,1-3H3. The second kappa shape index (κ2) is 7.36. The zero-order chi connectivity index (χ0) is 20.7. The molecule has 4 rings (SSSR count). The average Bonchev–Trinajstić information content (AvgIpc) is 3.06. The minimum Gasteiger partial charge on any atom is -0.425 e. The normalized spacial score (nSPS) is 11.2. The number of aryl methyl sites for hydroxylation is 2. The van der Waals surface area contributed by atoms with Crippen molar-refractivity contribution < 1.29 is 4.74 Å². The number of hydrogen-bond donors (Lipinski definition) is 0. The lowest BCUT2D eigenvalue weighted by atomic mass is 10.2. The molecule has 0 bridgehead atoms. The van der Waals surface area contributed by atoms with Gasteiger partial charge in [0, 0.05) is 18.6 Å². The molecular formula is C21H19BrN4O3. The predicted molar refractivity (Wildman–Crippen MR) is 115 cm³/mol. The average molecular weight is 455 g/mol. The zero-order valence-electron chi connectivity index (χ0n) is 16.2. The van der Waals surface area contributed by atoms with E-state index in [0.29, 0.717) is 23.5 Å². The number of ether oxygens (including phenoxy) is 1. The molecule has 7 nitrogen and oxygen atoms in total. The van der Waals surface area contributed by atoms with Crippen LogP contribution in [-0.2, 0) is 20.6 Å². The lowest BCUT2D eigenvalue weighted by Crippen LogP contribution is -2.37. The lowest BCUT2D eigenvalue weighted by molar-refractivity contribution is 0.418. The van der Waals surface area contributed by atoms with Crippen molar-refractivity contribution >= 4 is 27.1 Å². The molecule has 2 heterocycles. The highest BCUT2D eigenvalue weighted by molar-refractivity contribution is 9.10. The number of aromatic nitrogens is 4. The maximum absolute atomic E-state index is 12.9. The first-order valence-electron chi connectivity index (χ1n) is 9.01. The van der Waals surface area contributed by atoms with Crippen molar-refractivity contribution in [1.82, 2.24) is 18.7 Å². The third kappa shape index (κ3) is 3.40. The molecule has 0 aliphatic carbocycles. The fourth-order valence-corrected chi connectivity index (χ4v) is 3.46. The Morgan fingerprint density at radius 3 is 2.38 bits per heavy atom. The summed E-state index contributed by atoms with van der Waals surface area (Å²) >= 11 is 3.43. The van der Waals surface area contributed by atoms with Gasteiger partial charge in [-0.1, -0.05) is 46.3 Å². The highest BCUT2D eigenvalue weighted by atomic mass is 79.9. The van der Waals surface area contributed by atoms with E-state index in [2.05, 4.69) is 20.9 Å². The largest absolute Gasteiger partial charge is 0.425 e. The van der Waals surface area contributed by atoms with Crippen molar-refractivity contribution in [3.8, 4) is 11.8 Å². The van der Waals surface area contributed by atoms with Crippen LogP contribution in [0.3, 0.4) is 0 Å². The van der Waals surface area contributed by atoms with E-state index >= 15 is 0 Å². The molecule has 2 aromatic carbocycles. The van der Waals surface area contributed by atoms with Crippen LogP contribution in [0.2, 0.25) is 0 Å². The third-order valence-electron chi connectivity index (χ3n) is 4.86. The molecule has 0 atom stereocenters. The summed E-state index contributed by atoms with van der Waals surface area (Å²) in [6, 6.07) is 15.6. The van der Waals surface area contributed by atoms with E-state index in [-0.39, 0.29) is 6.01 Å². The van der Waals surface area contributed by atoms with Crippen LogP contribution in [-0.4, -0.2) is 18.7 Å². The van der Waals surface area contributed by atoms with Crippen LogP contribution >= 0.6 is 15.9 Å². The molecule has 0 amide bonds. The number of imidazole rings is 1. The zero-order valence-corrected chi connectivity index (χ0v) is 17.8. The maximum atomic E-state index is 12.9. The van der Waals surface area contributed by atoms with E-state index in [1.165, 1.54) is 11.6 Å². The Hall–Kier alpha value is -3.13. The van der Waals surface area contributed by atoms with Gasteiger partial charge in [0.15, 0.2) is 11.2 Å². The minimum atomic E-state index is -0.432. The van der Waals surface area contributed by atoms with Gasteiger partial charge in [0.05, 0.1) is 6.54 Å². The van der Waals surface area contributed by atoms with Crippen LogP contribution in [0.15, 0.2) is 62.6 Å². The fourth-order valence-electron chi connectivity index (χ4n) is 3.19. The summed E-state index contributed by atoms with van der Waals surface area (Å²) in [5.41, 5.74) is 1.68. The molecule has 0 aliphatic rings. The van der Waals surface area contributed by atoms with Crippen LogP contribution < -0.4 is 16.0 Å². The van der Waals surface area contributed by atoms with E-state index < -0.39 is 11.2 Å². The Morgan fingerprint density at radius 2 is 1.69 bits per heavy atom. The summed E-state index contributed by atoms with van der Waals surface area (Å²) in [6.45, 7) is 2.31. The highest BCUT2D eigenvalue weighted by Crippen LogP contribution is 2.27. The van der Waals surface area contributed by atoms with Crippen LogP contribution in [0.4, 0.5) is 0 Å². The van der Waals surface area contributed by atoms with Crippen molar-refractivity contribution in [2.75, 3.05) is 0 Å². The monoisotopic (exact) mass is 454 g/mol. The fraction of sp³-hybridized carbons (Fsp3) is 0.190. The summed E-state index contributed by atoms with van der Waals surface area (Å²) < 4.78 is 11.2. The molecule has 0 saturated carbocycles. The number of fused-ring (bicyclic) bond motifs is 1. The number of rotatable bonds is 4. The van der Waals surface area contributed by atoms with E-state index in [1.807, 2.05) is 55.5 Å². The van der Waals surface area contributed by atoms with Crippen molar-refractivity contribution in [2.24, 2.45) is 14.1 Å². The number of nitrogens with zero attached hydrogens (tertiary/aromatic N) is 4. The van der Waals surface area contributed by atoms with E-state index in [0.717, 1.165) is 20.2 Å². The minimum absolute atomic E-state index is 0.260. The Kier molecular flexibility index (Phi) is 4.87. The molecule has 4 aromatic rings. The summed E-state index contributed by atoms with van der Waals surface area (Å²) in [7, 11) is 3.06. The van der Waals surface area contributed by atoms with Crippen LogP contribution in [0, 0.1) is 6.92 Å². The second-order valence-electron chi connectivity index (χ2n) is 6.85. The molecule has 8 heteroatoms. The van der Waals surface area contributed by atoms with Crippen LogP contribution in [0.25, 0.3) is 11.2 Å². The SMILES string of the molecule is Cc1ccccc1Oc1nc2c(c(=O)n(C)c(=O)n2C)n1Cc1ccc(Br)cc1. The highest BCUT2D eigenvalue weighted by Gasteiger charge is 2.21. The van der Waals surface area contributed by atoms with Crippen molar-refractivity contribution in [1.29, 1.82) is 0 Å². The smallest absolute Gasteiger partial charge is 0.332 e. The van der Waals surface area contributed by atoms with Gasteiger partial charge in [0.1, 0.15) is 5.75 Å². The Balaban J connectivity index is 1.96. The molecule has 0 unspecified atom stereocenters. The summed E-state index contributed by atoms with van der Waals surface area (Å²) in [5, 5.41) is 0. The van der Waals surface area contributed by atoms with Gasteiger partial charge in [-0.3, -0.25) is 18.5 Å². The molecule has 0 fully saturated rings. The molecule has 0 radical (unpaired) electrons. The third-order valence-corrected chi connectivity index (χ3v) is 5.39. The first kappa shape index (κ1) is 19.2. The number of benzene rings is 2. The van der Waals surface area contributed by atoms with Gasteiger partial charge in [-0.2, -0.15) is 4.98 Å². The van der Waals surface area contributed by atoms with Gasteiger partial charge in [0.2, 0.25) is 0 Å². The van der Waals surface area contributed by atoms with Gasteiger partial charge in [-0.25, -0.2) is 4.79 Å². The van der Waals surface area contributed by atoms with Gasteiger partial charge >= 0.3 is 11.7 Å². The molecule has 0 saturated heterocycles. The van der Waals surface area contributed by atoms with Gasteiger partial charge in [0.25, 0.3) is 5.56 Å². The first-order valence-corrected chi connectivity index (χ1v) is 9.80. The molecule has 0 spiro atoms. The molecule has 0 N–H and O–H groups in total. The van der Waals surface area contributed by atoms with Gasteiger partial charge in [-0.05, 0) is 36.2 Å². The molecule has 2 aromatic heterocycles. The quantitative estimate of drug-likeness (QED) is 0.473. The van der Waals surface area contributed by atoms with E-state index in [4.69, 9.17) is 4.74 Å². The van der Waals surface area contributed by atoms with Gasteiger partial charge in [-0.15, -0.1) is 0 Å². The Morgan fingerprint density at radius 1 is 1.00 bits per heavy atom. The van der Waals surface area contributed by atoms with Crippen LogP contribution in [0.5, 0.6) is 11.8 Å². The van der Waals surface area contributed by atoms with E-state index in [1.54, 1.807) is 11.6 Å². The second-order valence-corrected chi connectivity index (χ2v) is 7.77. The van der Waals surface area contributed by atoms with Crippen LogP contribution in [0.1, 0.15) is 11.1 Å². The number of halogens is 1. The van der Waals surface area contributed by atoms with Crippen molar-refractivity contribution in [2.45, 2.75) is 13.5 Å². The van der Waals surface area contributed by atoms with Gasteiger partial charge < -0.3 is 4.74 Å². The summed E-state index contributed by atoms with van der Waals surface area (Å²) in [5.74, 6) is 0.640. The molecule has 0 aliphatic heterocycles. The number of para-hydroxylation sites is 1. The topological polar surface area (TPSA) is 71.1 Å². The Bertz CT molecular complexity index is 1330. The van der Waals surface area contributed by atoms with E-state index in [9.17, 15) is 9.59 Å². The maximum Gasteiger partial charge on any atom is 0.332 e. The molecule has 29 heavy (non-hydrogen) atoms. The molecule has 148 valence electrons. The van der Waals surface area contributed by atoms with Crippen molar-refractivity contribution in [3.05, 3.63) is 85.0 Å². The summed E-state index contributed by atoms with van der Waals surface area (Å²) in [6.07, 6.45) is 0. The first-order chi connectivity index (χ1) is 13.9. The molecular weight excluding hydrogens is 436 g/mol. The number of hydrogen-bond acceptors (Lipinski definition) is 4. The predicted octanol–water partition coefficient (Wildman–Crippen LogP) is 3.35. The Labute approximate surface area is 174 Å². The van der Waals surface area contributed by atoms with Crippen molar-refractivity contribution in [3.63, 3.8) is 0 Å². The lowest BCUT2D eigenvalue weighted by Gasteiger charge is -2.11.